The molecule has 1 fully saturated rings. The lowest BCUT2D eigenvalue weighted by Gasteiger charge is -2.34. The van der Waals surface area contributed by atoms with Crippen LogP contribution in [0.4, 0.5) is 24.5 Å². The van der Waals surface area contributed by atoms with Crippen LogP contribution >= 0.6 is 0 Å². The van der Waals surface area contributed by atoms with Gasteiger partial charge < -0.3 is 25.7 Å². The van der Waals surface area contributed by atoms with E-state index in [-0.39, 0.29) is 17.8 Å². The lowest BCUT2D eigenvalue weighted by atomic mass is 10.0. The van der Waals surface area contributed by atoms with Crippen molar-refractivity contribution >= 4 is 22.4 Å². The summed E-state index contributed by atoms with van der Waals surface area (Å²) in [6.45, 7) is 3.28. The number of ether oxygens (including phenoxy) is 1. The van der Waals surface area contributed by atoms with Gasteiger partial charge >= 0.3 is 6.18 Å². The first kappa shape index (κ1) is 18.8. The minimum Gasteiger partial charge on any atom is -0.381 e. The fourth-order valence-electron chi connectivity index (χ4n) is 3.30. The number of rotatable bonds is 5. The summed E-state index contributed by atoms with van der Waals surface area (Å²) in [5.74, 6) is 0. The van der Waals surface area contributed by atoms with Crippen LogP contribution in [-0.4, -0.2) is 48.9 Å². The molecule has 1 saturated heterocycles. The predicted octanol–water partition coefficient (Wildman–Crippen LogP) is 2.96. The summed E-state index contributed by atoms with van der Waals surface area (Å²) in [7, 11) is 1.59. The number of nitrogens with one attached hydrogen (secondary N) is 2. The van der Waals surface area contributed by atoms with Gasteiger partial charge in [0.25, 0.3) is 0 Å². The van der Waals surface area contributed by atoms with Crippen LogP contribution in [0.3, 0.4) is 0 Å². The third kappa shape index (κ3) is 3.73. The van der Waals surface area contributed by atoms with Crippen molar-refractivity contribution in [3.05, 3.63) is 18.0 Å². The van der Waals surface area contributed by atoms with Crippen LogP contribution in [0.25, 0.3) is 11.0 Å². The number of pyridine rings is 1. The van der Waals surface area contributed by atoms with Gasteiger partial charge in [-0.3, -0.25) is 0 Å². The number of methoxy groups -OCH3 is 1. The largest absolute Gasteiger partial charge is 0.419 e. The van der Waals surface area contributed by atoms with E-state index in [0.717, 1.165) is 19.0 Å². The number of hydrogen-bond donors (Lipinski definition) is 3. The zero-order valence-electron chi connectivity index (χ0n) is 14.9. The lowest BCUT2D eigenvalue weighted by Crippen LogP contribution is -2.43. The Labute approximate surface area is 149 Å². The molecule has 0 aliphatic carbocycles. The second-order valence-corrected chi connectivity index (χ2v) is 6.72. The van der Waals surface area contributed by atoms with Crippen molar-refractivity contribution in [3.63, 3.8) is 0 Å². The summed E-state index contributed by atoms with van der Waals surface area (Å²) in [5, 5.41) is 3.61. The molecule has 3 rings (SSSR count). The highest BCUT2D eigenvalue weighted by molar-refractivity contribution is 6.02. The fraction of sp³-hybridized carbons (Fsp3) is 0.588. The number of nitrogens with two attached hydrogens (primary N) is 1. The van der Waals surface area contributed by atoms with E-state index in [1.54, 1.807) is 18.2 Å². The smallest absolute Gasteiger partial charge is 0.381 e. The summed E-state index contributed by atoms with van der Waals surface area (Å²) < 4.78 is 46.3. The Bertz CT molecular complexity index is 761. The number of hydrogen-bond acceptors (Lipinski definition) is 5. The molecule has 0 bridgehead atoms. The number of fused-ring (bicyclic) bond motifs is 1. The van der Waals surface area contributed by atoms with Gasteiger partial charge in [0.05, 0.1) is 28.4 Å². The van der Waals surface area contributed by atoms with Crippen molar-refractivity contribution < 1.29 is 17.9 Å². The topological polar surface area (TPSA) is 79.2 Å². The van der Waals surface area contributed by atoms with Gasteiger partial charge in [-0.05, 0) is 19.8 Å². The molecule has 0 radical (unpaired) electrons. The summed E-state index contributed by atoms with van der Waals surface area (Å²) in [6, 6.07) is -0.142. The highest BCUT2D eigenvalue weighted by atomic mass is 19.4. The van der Waals surface area contributed by atoms with Gasteiger partial charge in [-0.2, -0.15) is 13.2 Å². The quantitative estimate of drug-likeness (QED) is 0.753. The van der Waals surface area contributed by atoms with Crippen molar-refractivity contribution in [2.75, 3.05) is 37.0 Å². The number of alkyl halides is 3. The van der Waals surface area contributed by atoms with Crippen molar-refractivity contribution in [2.45, 2.75) is 38.1 Å². The molecule has 3 heterocycles. The van der Waals surface area contributed by atoms with Gasteiger partial charge in [0, 0.05) is 45.2 Å². The maximum Gasteiger partial charge on any atom is 0.419 e. The zero-order valence-corrected chi connectivity index (χ0v) is 14.9. The number of halogens is 3. The molecule has 9 heteroatoms. The van der Waals surface area contributed by atoms with Crippen LogP contribution in [-0.2, 0) is 10.9 Å². The van der Waals surface area contributed by atoms with Crippen LogP contribution in [0.15, 0.2) is 12.4 Å². The van der Waals surface area contributed by atoms with Crippen LogP contribution in [0, 0.1) is 0 Å². The highest BCUT2D eigenvalue weighted by Crippen LogP contribution is 2.43. The van der Waals surface area contributed by atoms with Crippen LogP contribution < -0.4 is 16.0 Å². The SMILES string of the molecule is COC(C)CNc1c[nH]c2ncc(C(F)(F)F)c(N3CCC[C@@H](N)C3)c12. The second-order valence-electron chi connectivity index (χ2n) is 6.72. The van der Waals surface area contributed by atoms with Gasteiger partial charge in [0.1, 0.15) is 5.65 Å². The molecule has 2 aromatic heterocycles. The minimum atomic E-state index is -4.49. The fourth-order valence-corrected chi connectivity index (χ4v) is 3.30. The number of anilines is 2. The zero-order chi connectivity index (χ0) is 18.9. The first-order valence-electron chi connectivity index (χ1n) is 8.65. The minimum absolute atomic E-state index is 0.0782. The molecular weight excluding hydrogens is 347 g/mol. The normalized spacial score (nSPS) is 19.8. The van der Waals surface area contributed by atoms with E-state index < -0.39 is 11.7 Å². The summed E-state index contributed by atoms with van der Waals surface area (Å²) in [5.41, 5.74) is 6.42. The van der Waals surface area contributed by atoms with E-state index >= 15 is 0 Å². The van der Waals surface area contributed by atoms with E-state index in [9.17, 15) is 13.2 Å². The Morgan fingerprint density at radius 1 is 1.50 bits per heavy atom. The Morgan fingerprint density at radius 3 is 2.92 bits per heavy atom. The molecule has 2 aromatic rings. The van der Waals surface area contributed by atoms with Gasteiger partial charge in [0.15, 0.2) is 0 Å². The predicted molar refractivity (Wildman–Crippen MR) is 95.5 cm³/mol. The molecular formula is C17H24F3N5O. The Hall–Kier alpha value is -2.00. The summed E-state index contributed by atoms with van der Waals surface area (Å²) >= 11 is 0. The molecule has 144 valence electrons. The molecule has 0 saturated carbocycles. The molecule has 26 heavy (non-hydrogen) atoms. The summed E-state index contributed by atoms with van der Waals surface area (Å²) in [6.07, 6.45) is -0.451. The van der Waals surface area contributed by atoms with E-state index in [1.807, 2.05) is 6.92 Å². The third-order valence-corrected chi connectivity index (χ3v) is 4.74. The monoisotopic (exact) mass is 371 g/mol. The maximum absolute atomic E-state index is 13.7. The van der Waals surface area contributed by atoms with E-state index in [2.05, 4.69) is 15.3 Å². The molecule has 6 nitrogen and oxygen atoms in total. The molecule has 2 atom stereocenters. The number of aromatic nitrogens is 2. The summed E-state index contributed by atoms with van der Waals surface area (Å²) in [4.78, 5) is 8.68. The van der Waals surface area contributed by atoms with Crippen LogP contribution in [0.5, 0.6) is 0 Å². The average molecular weight is 371 g/mol. The van der Waals surface area contributed by atoms with Gasteiger partial charge in [0.2, 0.25) is 0 Å². The van der Waals surface area contributed by atoms with Crippen LogP contribution in [0.1, 0.15) is 25.3 Å². The highest BCUT2D eigenvalue weighted by Gasteiger charge is 2.38. The molecule has 0 aromatic carbocycles. The van der Waals surface area contributed by atoms with Crippen molar-refractivity contribution in [3.8, 4) is 0 Å². The molecule has 1 aliphatic heterocycles. The number of aromatic amines is 1. The molecule has 0 amide bonds. The molecule has 1 unspecified atom stereocenters. The van der Waals surface area contributed by atoms with Crippen molar-refractivity contribution in [1.29, 1.82) is 0 Å². The van der Waals surface area contributed by atoms with E-state index in [0.29, 0.717) is 36.4 Å². The Kier molecular flexibility index (Phi) is 5.29. The first-order chi connectivity index (χ1) is 12.3. The van der Waals surface area contributed by atoms with Gasteiger partial charge in [-0.25, -0.2) is 4.98 Å². The van der Waals surface area contributed by atoms with E-state index in [4.69, 9.17) is 10.5 Å². The standard InChI is InChI=1S/C17H24F3N5O/c1-10(26-2)6-22-13-8-24-16-14(13)15(12(7-23-16)17(18,19)20)25-5-3-4-11(21)9-25/h7-8,10-11,22H,3-6,9,21H2,1-2H3,(H,23,24)/t10?,11-/m1/s1. The number of nitrogens with zero attached hydrogens (tertiary/aromatic N) is 2. The Balaban J connectivity index is 2.11. The van der Waals surface area contributed by atoms with Gasteiger partial charge in [-0.15, -0.1) is 0 Å². The number of H-pyrrole nitrogens is 1. The average Bonchev–Trinajstić information content (AvgIpc) is 3.01. The molecule has 0 spiro atoms. The Morgan fingerprint density at radius 2 is 2.27 bits per heavy atom. The van der Waals surface area contributed by atoms with Crippen molar-refractivity contribution in [1.82, 2.24) is 9.97 Å². The van der Waals surface area contributed by atoms with E-state index in [1.165, 1.54) is 0 Å². The molecule has 1 aliphatic rings. The van der Waals surface area contributed by atoms with Gasteiger partial charge in [-0.1, -0.05) is 0 Å². The third-order valence-electron chi connectivity index (χ3n) is 4.74. The molecule has 4 N–H and O–H groups in total. The second kappa shape index (κ2) is 7.32. The number of piperidine rings is 1. The van der Waals surface area contributed by atoms with Crippen LogP contribution in [0.2, 0.25) is 0 Å². The van der Waals surface area contributed by atoms with Crippen molar-refractivity contribution in [2.24, 2.45) is 5.73 Å². The maximum atomic E-state index is 13.7. The lowest BCUT2D eigenvalue weighted by molar-refractivity contribution is -0.137. The first-order valence-corrected chi connectivity index (χ1v) is 8.65.